The fourth-order valence-electron chi connectivity index (χ4n) is 3.26. The van der Waals surface area contributed by atoms with Gasteiger partial charge in [0, 0.05) is 25.3 Å². The van der Waals surface area contributed by atoms with Crippen LogP contribution in [0.5, 0.6) is 23.1 Å². The number of carbonyl (C=O) groups excluding carboxylic acids is 1. The number of ether oxygens (including phenoxy) is 4. The van der Waals surface area contributed by atoms with E-state index in [-0.39, 0.29) is 40.3 Å². The summed E-state index contributed by atoms with van der Waals surface area (Å²) in [6, 6.07) is 4.73. The quantitative estimate of drug-likeness (QED) is 0.451. The Kier molecular flexibility index (Phi) is 8.05. The minimum Gasteiger partial charge on any atom is -0.494 e. The van der Waals surface area contributed by atoms with Crippen molar-refractivity contribution < 1.29 is 28.8 Å². The number of pyridine rings is 1. The number of nitriles is 1. The van der Waals surface area contributed by atoms with E-state index in [1.165, 1.54) is 40.4 Å². The minimum absolute atomic E-state index is 0.0924. The van der Waals surface area contributed by atoms with Crippen molar-refractivity contribution in [1.82, 2.24) is 4.57 Å². The van der Waals surface area contributed by atoms with Crippen molar-refractivity contribution >= 4 is 5.78 Å². The Morgan fingerprint density at radius 2 is 1.77 bits per heavy atom. The Morgan fingerprint density at radius 3 is 2.26 bits per heavy atom. The van der Waals surface area contributed by atoms with Crippen molar-refractivity contribution in [3.8, 4) is 29.2 Å². The first kappa shape index (κ1) is 23.8. The van der Waals surface area contributed by atoms with E-state index in [1.54, 1.807) is 0 Å². The van der Waals surface area contributed by atoms with Gasteiger partial charge in [-0.25, -0.2) is 0 Å². The molecule has 9 nitrogen and oxygen atoms in total. The van der Waals surface area contributed by atoms with Crippen LogP contribution in [0.4, 0.5) is 0 Å². The Bertz CT molecular complexity index is 1040. The highest BCUT2D eigenvalue weighted by molar-refractivity contribution is 6.12. The molecule has 9 heteroatoms. The molecule has 0 fully saturated rings. The van der Waals surface area contributed by atoms with Gasteiger partial charge in [-0.15, -0.1) is 0 Å². The lowest BCUT2D eigenvalue weighted by Crippen LogP contribution is -2.27. The maximum atomic E-state index is 13.4. The van der Waals surface area contributed by atoms with Gasteiger partial charge in [-0.05, 0) is 38.0 Å². The zero-order valence-electron chi connectivity index (χ0n) is 18.3. The van der Waals surface area contributed by atoms with Gasteiger partial charge < -0.3 is 24.1 Å². The van der Waals surface area contributed by atoms with Crippen LogP contribution in [0, 0.1) is 18.3 Å². The molecule has 0 saturated carbocycles. The second kappa shape index (κ2) is 10.5. The number of hydrogen-bond donors (Lipinski definition) is 1. The Hall–Kier alpha value is -3.51. The molecule has 0 radical (unpaired) electrons. The van der Waals surface area contributed by atoms with E-state index in [1.807, 2.05) is 13.0 Å². The number of carbonyl (C=O) groups is 1. The molecule has 0 atom stereocenters. The van der Waals surface area contributed by atoms with Crippen molar-refractivity contribution in [3.05, 3.63) is 44.7 Å². The number of methoxy groups -OCH3 is 3. The van der Waals surface area contributed by atoms with Crippen molar-refractivity contribution in [2.75, 3.05) is 34.5 Å². The third kappa shape index (κ3) is 4.64. The maximum Gasteiger partial charge on any atom is 0.271 e. The van der Waals surface area contributed by atoms with Crippen LogP contribution in [0.2, 0.25) is 0 Å². The van der Waals surface area contributed by atoms with Crippen LogP contribution < -0.4 is 19.8 Å². The summed E-state index contributed by atoms with van der Waals surface area (Å²) in [5, 5.41) is 20.3. The lowest BCUT2D eigenvalue weighted by atomic mass is 9.96. The lowest BCUT2D eigenvalue weighted by Gasteiger charge is -2.17. The van der Waals surface area contributed by atoms with Gasteiger partial charge in [0.05, 0.1) is 26.9 Å². The summed E-state index contributed by atoms with van der Waals surface area (Å²) >= 11 is 0. The highest BCUT2D eigenvalue weighted by atomic mass is 16.5. The number of aromatic hydroxyl groups is 1. The molecule has 31 heavy (non-hydrogen) atoms. The van der Waals surface area contributed by atoms with Gasteiger partial charge in [-0.3, -0.25) is 14.2 Å². The van der Waals surface area contributed by atoms with Crippen molar-refractivity contribution in [1.29, 1.82) is 5.26 Å². The fraction of sp³-hybridized carbons (Fsp3) is 0.409. The molecule has 1 N–H and O–H groups in total. The maximum absolute atomic E-state index is 13.4. The normalized spacial score (nSPS) is 10.5. The molecule has 0 unspecified atom stereocenters. The summed E-state index contributed by atoms with van der Waals surface area (Å²) in [7, 11) is 4.27. The van der Waals surface area contributed by atoms with Crippen LogP contribution in [0.3, 0.4) is 0 Å². The van der Waals surface area contributed by atoms with Crippen LogP contribution >= 0.6 is 0 Å². The molecule has 0 bridgehead atoms. The second-order valence-corrected chi connectivity index (χ2v) is 6.56. The molecular formula is C22H26N2O7. The fourth-order valence-corrected chi connectivity index (χ4v) is 3.26. The highest BCUT2D eigenvalue weighted by Gasteiger charge is 2.26. The SMILES string of the molecule is CCOCCCn1c(O)c(C(=O)c2cc(OC)c(OC)c(OC)c2)c(C)c(C#N)c1=O. The van der Waals surface area contributed by atoms with Gasteiger partial charge in [0.2, 0.25) is 11.6 Å². The van der Waals surface area contributed by atoms with E-state index in [9.17, 15) is 20.0 Å². The van der Waals surface area contributed by atoms with E-state index in [4.69, 9.17) is 18.9 Å². The molecule has 2 rings (SSSR count). The average Bonchev–Trinajstić information content (AvgIpc) is 2.77. The minimum atomic E-state index is -0.657. The lowest BCUT2D eigenvalue weighted by molar-refractivity contribution is 0.103. The number of aromatic nitrogens is 1. The zero-order chi connectivity index (χ0) is 23.1. The first-order valence-corrected chi connectivity index (χ1v) is 9.65. The van der Waals surface area contributed by atoms with Crippen molar-refractivity contribution in [3.63, 3.8) is 0 Å². The number of nitrogens with zero attached hydrogens (tertiary/aromatic N) is 2. The van der Waals surface area contributed by atoms with E-state index in [2.05, 4.69) is 0 Å². The van der Waals surface area contributed by atoms with Gasteiger partial charge in [0.1, 0.15) is 11.6 Å². The standard InChI is InChI=1S/C22H26N2O7/c1-6-31-9-7-8-24-21(26)15(12-23)13(2)18(22(24)27)19(25)14-10-16(28-3)20(30-5)17(11-14)29-4/h10-11,27H,6-9H2,1-5H3. The topological polar surface area (TPSA) is 120 Å². The van der Waals surface area contributed by atoms with Crippen LogP contribution in [0.25, 0.3) is 0 Å². The molecule has 0 aliphatic rings. The van der Waals surface area contributed by atoms with Crippen LogP contribution in [0.15, 0.2) is 16.9 Å². The number of benzene rings is 1. The Labute approximate surface area is 180 Å². The molecule has 0 aliphatic heterocycles. The molecule has 2 aromatic rings. The van der Waals surface area contributed by atoms with E-state index >= 15 is 0 Å². The average molecular weight is 430 g/mol. The van der Waals surface area contributed by atoms with E-state index in [0.29, 0.717) is 25.4 Å². The molecule has 0 aliphatic carbocycles. The molecule has 1 heterocycles. The summed E-state index contributed by atoms with van der Waals surface area (Å²) in [5.41, 5.74) is -0.761. The van der Waals surface area contributed by atoms with Crippen molar-refractivity contribution in [2.45, 2.75) is 26.8 Å². The number of ketones is 1. The predicted octanol–water partition coefficient (Wildman–Crippen LogP) is 2.42. The van der Waals surface area contributed by atoms with Gasteiger partial charge in [-0.2, -0.15) is 5.26 Å². The smallest absolute Gasteiger partial charge is 0.271 e. The second-order valence-electron chi connectivity index (χ2n) is 6.56. The number of rotatable bonds is 10. The summed E-state index contributed by atoms with van der Waals surface area (Å²) in [5.74, 6) is -0.275. The molecule has 166 valence electrons. The summed E-state index contributed by atoms with van der Waals surface area (Å²) in [6.45, 7) is 4.28. The van der Waals surface area contributed by atoms with Gasteiger partial charge in [-0.1, -0.05) is 0 Å². The van der Waals surface area contributed by atoms with Crippen LogP contribution in [-0.2, 0) is 11.3 Å². The Morgan fingerprint density at radius 1 is 1.16 bits per heavy atom. The Balaban J connectivity index is 2.66. The zero-order valence-corrected chi connectivity index (χ0v) is 18.3. The molecular weight excluding hydrogens is 404 g/mol. The van der Waals surface area contributed by atoms with Gasteiger partial charge in [0.25, 0.3) is 5.56 Å². The van der Waals surface area contributed by atoms with Crippen LogP contribution in [-0.4, -0.2) is 50.0 Å². The van der Waals surface area contributed by atoms with Gasteiger partial charge >= 0.3 is 0 Å². The van der Waals surface area contributed by atoms with E-state index < -0.39 is 17.2 Å². The molecule has 0 amide bonds. The number of hydrogen-bond acceptors (Lipinski definition) is 8. The largest absolute Gasteiger partial charge is 0.494 e. The molecule has 1 aromatic carbocycles. The first-order valence-electron chi connectivity index (χ1n) is 9.65. The van der Waals surface area contributed by atoms with Crippen LogP contribution in [0.1, 0.15) is 40.4 Å². The third-order valence-corrected chi connectivity index (χ3v) is 4.83. The van der Waals surface area contributed by atoms with Crippen molar-refractivity contribution in [2.24, 2.45) is 0 Å². The van der Waals surface area contributed by atoms with Gasteiger partial charge in [0.15, 0.2) is 17.3 Å². The monoisotopic (exact) mass is 430 g/mol. The molecule has 0 saturated heterocycles. The summed E-state index contributed by atoms with van der Waals surface area (Å²) in [6.07, 6.45) is 0.424. The molecule has 0 spiro atoms. The summed E-state index contributed by atoms with van der Waals surface area (Å²) < 4.78 is 22.1. The third-order valence-electron chi connectivity index (χ3n) is 4.83. The highest BCUT2D eigenvalue weighted by Crippen LogP contribution is 2.39. The first-order chi connectivity index (χ1) is 14.9. The molecule has 1 aromatic heterocycles. The predicted molar refractivity (Wildman–Crippen MR) is 112 cm³/mol. The summed E-state index contributed by atoms with van der Waals surface area (Å²) in [4.78, 5) is 26.0. The van der Waals surface area contributed by atoms with E-state index in [0.717, 1.165) is 4.57 Å².